The maximum atomic E-state index is 12.5. The number of hydrogen-bond donors (Lipinski definition) is 1. The molecule has 104 valence electrons. The molecule has 1 aliphatic heterocycles. The number of rotatable bonds is 4. The van der Waals surface area contributed by atoms with E-state index in [0.29, 0.717) is 25.3 Å². The highest BCUT2D eigenvalue weighted by Crippen LogP contribution is 2.17. The molecule has 1 aromatic rings. The van der Waals surface area contributed by atoms with Crippen molar-refractivity contribution < 1.29 is 9.53 Å². The Labute approximate surface area is 114 Å². The van der Waals surface area contributed by atoms with Gasteiger partial charge in [-0.1, -0.05) is 6.92 Å². The minimum absolute atomic E-state index is 0.0295. The molecule has 1 aliphatic rings. The largest absolute Gasteiger partial charge is 0.384 e. The predicted octanol–water partition coefficient (Wildman–Crippen LogP) is 1.76. The molecule has 2 rings (SSSR count). The van der Waals surface area contributed by atoms with Crippen LogP contribution in [0.15, 0.2) is 18.5 Å². The first-order chi connectivity index (χ1) is 9.22. The Balaban J connectivity index is 2.13. The zero-order valence-corrected chi connectivity index (χ0v) is 11.6. The molecule has 0 bridgehead atoms. The smallest absolute Gasteiger partial charge is 0.257 e. The van der Waals surface area contributed by atoms with Crippen LogP contribution >= 0.6 is 0 Å². The van der Waals surface area contributed by atoms with Crippen LogP contribution in [0.25, 0.3) is 0 Å². The Morgan fingerprint density at radius 1 is 1.63 bits per heavy atom. The maximum Gasteiger partial charge on any atom is 0.257 e. The number of hydrogen-bond acceptors (Lipinski definition) is 4. The summed E-state index contributed by atoms with van der Waals surface area (Å²) in [6.45, 7) is 6.82. The first-order valence-electron chi connectivity index (χ1n) is 6.81. The van der Waals surface area contributed by atoms with Gasteiger partial charge in [-0.05, 0) is 19.4 Å². The molecule has 19 heavy (non-hydrogen) atoms. The van der Waals surface area contributed by atoms with E-state index in [9.17, 15) is 4.79 Å². The summed E-state index contributed by atoms with van der Waals surface area (Å²) in [5.41, 5.74) is 1.51. The summed E-state index contributed by atoms with van der Waals surface area (Å²) in [5.74, 6) is 0.0295. The van der Waals surface area contributed by atoms with Crippen molar-refractivity contribution in [1.82, 2.24) is 9.88 Å². The third-order valence-corrected chi connectivity index (χ3v) is 3.15. The number of amides is 1. The van der Waals surface area contributed by atoms with Gasteiger partial charge in [-0.25, -0.2) is 0 Å². The van der Waals surface area contributed by atoms with Crippen molar-refractivity contribution in [3.63, 3.8) is 0 Å². The van der Waals surface area contributed by atoms with E-state index in [4.69, 9.17) is 4.74 Å². The molecule has 1 N–H and O–H groups in total. The molecule has 2 heterocycles. The van der Waals surface area contributed by atoms with Crippen molar-refractivity contribution in [2.45, 2.75) is 26.4 Å². The van der Waals surface area contributed by atoms with Crippen LogP contribution in [0, 0.1) is 0 Å². The fraction of sp³-hybridized carbons (Fsp3) is 0.571. The summed E-state index contributed by atoms with van der Waals surface area (Å²) in [7, 11) is 0. The van der Waals surface area contributed by atoms with Crippen molar-refractivity contribution in [3.05, 3.63) is 24.0 Å². The Morgan fingerprint density at radius 2 is 2.47 bits per heavy atom. The van der Waals surface area contributed by atoms with Crippen molar-refractivity contribution in [2.24, 2.45) is 0 Å². The van der Waals surface area contributed by atoms with Crippen LogP contribution in [0.5, 0.6) is 0 Å². The van der Waals surface area contributed by atoms with E-state index >= 15 is 0 Å². The van der Waals surface area contributed by atoms with Gasteiger partial charge < -0.3 is 15.0 Å². The Kier molecular flexibility index (Phi) is 4.74. The topological polar surface area (TPSA) is 54.5 Å². The number of pyridine rings is 1. The second kappa shape index (κ2) is 6.52. The van der Waals surface area contributed by atoms with E-state index in [1.165, 1.54) is 0 Å². The monoisotopic (exact) mass is 263 g/mol. The number of carbonyl (C=O) groups excluding carboxylic acids is 1. The van der Waals surface area contributed by atoms with Gasteiger partial charge in [0.25, 0.3) is 5.91 Å². The van der Waals surface area contributed by atoms with E-state index in [1.807, 2.05) is 17.9 Å². The summed E-state index contributed by atoms with van der Waals surface area (Å²) in [6, 6.07) is 1.85. The molecule has 0 saturated carbocycles. The molecule has 0 radical (unpaired) electrons. The molecule has 0 aromatic carbocycles. The van der Waals surface area contributed by atoms with Gasteiger partial charge in [-0.3, -0.25) is 9.78 Å². The number of aromatic nitrogens is 1. The normalized spacial score (nSPS) is 19.3. The van der Waals surface area contributed by atoms with Crippen LogP contribution in [-0.4, -0.2) is 48.1 Å². The highest BCUT2D eigenvalue weighted by atomic mass is 16.5. The van der Waals surface area contributed by atoms with Crippen LogP contribution in [0.4, 0.5) is 5.69 Å². The van der Waals surface area contributed by atoms with Crippen molar-refractivity contribution in [2.75, 3.05) is 31.6 Å². The maximum absolute atomic E-state index is 12.5. The van der Waals surface area contributed by atoms with Crippen LogP contribution in [0.2, 0.25) is 0 Å². The minimum Gasteiger partial charge on any atom is -0.384 e. The summed E-state index contributed by atoms with van der Waals surface area (Å²) in [4.78, 5) is 18.4. The van der Waals surface area contributed by atoms with E-state index < -0.39 is 0 Å². The van der Waals surface area contributed by atoms with Gasteiger partial charge >= 0.3 is 0 Å². The van der Waals surface area contributed by atoms with Crippen LogP contribution in [-0.2, 0) is 4.74 Å². The van der Waals surface area contributed by atoms with Gasteiger partial charge in [0.15, 0.2) is 0 Å². The minimum atomic E-state index is 0.0295. The third-order valence-electron chi connectivity index (χ3n) is 3.15. The van der Waals surface area contributed by atoms with E-state index in [0.717, 1.165) is 18.7 Å². The van der Waals surface area contributed by atoms with Crippen molar-refractivity contribution >= 4 is 11.6 Å². The summed E-state index contributed by atoms with van der Waals surface area (Å²) in [6.07, 6.45) is 4.46. The highest BCUT2D eigenvalue weighted by molar-refractivity contribution is 5.99. The first kappa shape index (κ1) is 13.8. The molecule has 5 heteroatoms. The molecular formula is C14H21N3O2. The molecule has 1 saturated heterocycles. The van der Waals surface area contributed by atoms with Gasteiger partial charge in [0, 0.05) is 32.0 Å². The van der Waals surface area contributed by atoms with E-state index in [2.05, 4.69) is 17.2 Å². The van der Waals surface area contributed by atoms with Gasteiger partial charge in [0.2, 0.25) is 0 Å². The number of morpholine rings is 1. The van der Waals surface area contributed by atoms with E-state index in [1.54, 1.807) is 12.4 Å². The number of carbonyl (C=O) groups is 1. The molecule has 1 unspecified atom stereocenters. The average molecular weight is 263 g/mol. The van der Waals surface area contributed by atoms with Crippen LogP contribution in [0.1, 0.15) is 30.6 Å². The molecule has 0 spiro atoms. The molecular weight excluding hydrogens is 242 g/mol. The number of anilines is 1. The fourth-order valence-corrected chi connectivity index (χ4v) is 2.15. The number of ether oxygens (including phenoxy) is 1. The second-order valence-electron chi connectivity index (χ2n) is 4.78. The van der Waals surface area contributed by atoms with Crippen LogP contribution < -0.4 is 5.32 Å². The highest BCUT2D eigenvalue weighted by Gasteiger charge is 2.24. The molecule has 0 aliphatic carbocycles. The molecule has 1 atom stereocenters. The Hall–Kier alpha value is -1.62. The summed E-state index contributed by atoms with van der Waals surface area (Å²) >= 11 is 0. The molecule has 1 aromatic heterocycles. The Bertz CT molecular complexity index is 436. The van der Waals surface area contributed by atoms with Gasteiger partial charge in [0.1, 0.15) is 0 Å². The fourth-order valence-electron chi connectivity index (χ4n) is 2.15. The van der Waals surface area contributed by atoms with Crippen molar-refractivity contribution in [3.8, 4) is 0 Å². The Morgan fingerprint density at radius 3 is 3.21 bits per heavy atom. The SMILES string of the molecule is CCCNc1ccncc1C(=O)N1CCOC(C)C1. The van der Waals surface area contributed by atoms with Crippen LogP contribution in [0.3, 0.4) is 0 Å². The number of nitrogens with one attached hydrogen (secondary N) is 1. The predicted molar refractivity (Wildman–Crippen MR) is 74.3 cm³/mol. The van der Waals surface area contributed by atoms with Gasteiger partial charge in [-0.2, -0.15) is 0 Å². The number of nitrogens with zero attached hydrogens (tertiary/aromatic N) is 2. The van der Waals surface area contributed by atoms with Gasteiger partial charge in [-0.15, -0.1) is 0 Å². The first-order valence-corrected chi connectivity index (χ1v) is 6.81. The second-order valence-corrected chi connectivity index (χ2v) is 4.78. The lowest BCUT2D eigenvalue weighted by Crippen LogP contribution is -2.44. The summed E-state index contributed by atoms with van der Waals surface area (Å²) < 4.78 is 5.46. The molecule has 5 nitrogen and oxygen atoms in total. The molecule has 1 fully saturated rings. The van der Waals surface area contributed by atoms with E-state index in [-0.39, 0.29) is 12.0 Å². The lowest BCUT2D eigenvalue weighted by Gasteiger charge is -2.31. The lowest BCUT2D eigenvalue weighted by atomic mass is 10.2. The van der Waals surface area contributed by atoms with Gasteiger partial charge in [0.05, 0.1) is 24.0 Å². The zero-order valence-electron chi connectivity index (χ0n) is 11.6. The third kappa shape index (κ3) is 3.44. The lowest BCUT2D eigenvalue weighted by molar-refractivity contribution is -0.0124. The zero-order chi connectivity index (χ0) is 13.7. The molecule has 1 amide bonds. The standard InChI is InChI=1S/C14H21N3O2/c1-3-5-16-13-4-6-15-9-12(13)14(18)17-7-8-19-11(2)10-17/h4,6,9,11H,3,5,7-8,10H2,1-2H3,(H,15,16). The summed E-state index contributed by atoms with van der Waals surface area (Å²) in [5, 5.41) is 3.28. The quantitative estimate of drug-likeness (QED) is 0.899. The average Bonchev–Trinajstić information content (AvgIpc) is 2.44. The van der Waals surface area contributed by atoms with Crippen molar-refractivity contribution in [1.29, 1.82) is 0 Å².